The van der Waals surface area contributed by atoms with Crippen LogP contribution in [0, 0.1) is 6.61 Å². The Labute approximate surface area is 81.4 Å². The fourth-order valence-corrected chi connectivity index (χ4v) is 0.708. The molecule has 1 unspecified atom stereocenters. The molecule has 1 radical (unpaired) electrons. The topological polar surface area (TPSA) is 27.7 Å². The molecule has 0 aliphatic rings. The zero-order chi connectivity index (χ0) is 9.94. The van der Waals surface area contributed by atoms with Crippen molar-refractivity contribution in [2.24, 2.45) is 0 Å². The molecule has 0 fully saturated rings. The van der Waals surface area contributed by atoms with Crippen molar-refractivity contribution in [1.29, 1.82) is 0 Å². The van der Waals surface area contributed by atoms with Crippen molar-refractivity contribution in [2.45, 2.75) is 46.3 Å². The van der Waals surface area contributed by atoms with Gasteiger partial charge in [0.05, 0.1) is 6.61 Å². The summed E-state index contributed by atoms with van der Waals surface area (Å²) in [7, 11) is 0. The first-order valence-electron chi connectivity index (χ1n) is 4.97. The van der Waals surface area contributed by atoms with Gasteiger partial charge in [-0.3, -0.25) is 0 Å². The third-order valence-electron chi connectivity index (χ3n) is 1.43. The van der Waals surface area contributed by atoms with Crippen LogP contribution >= 0.6 is 0 Å². The van der Waals surface area contributed by atoms with Gasteiger partial charge in [-0.2, -0.15) is 0 Å². The largest absolute Gasteiger partial charge is 0.355 e. The number of ether oxygens (including phenoxy) is 3. The van der Waals surface area contributed by atoms with Crippen molar-refractivity contribution < 1.29 is 14.2 Å². The molecule has 0 spiro atoms. The molecule has 0 aliphatic carbocycles. The summed E-state index contributed by atoms with van der Waals surface area (Å²) < 4.78 is 15.6. The molecule has 0 bridgehead atoms. The monoisotopic (exact) mass is 189 g/mol. The minimum atomic E-state index is -0.205. The number of rotatable bonds is 9. The molecule has 0 aromatic carbocycles. The van der Waals surface area contributed by atoms with E-state index in [2.05, 4.69) is 13.8 Å². The van der Waals surface area contributed by atoms with Gasteiger partial charge in [0.15, 0.2) is 6.29 Å². The maximum Gasteiger partial charge on any atom is 0.158 e. The van der Waals surface area contributed by atoms with Gasteiger partial charge < -0.3 is 14.2 Å². The molecule has 0 saturated carbocycles. The van der Waals surface area contributed by atoms with E-state index in [1.54, 1.807) is 6.61 Å². The second-order valence-electron chi connectivity index (χ2n) is 2.85. The molecule has 3 heteroatoms. The Kier molecular flexibility index (Phi) is 9.87. The third-order valence-corrected chi connectivity index (χ3v) is 1.43. The zero-order valence-electron chi connectivity index (χ0n) is 8.91. The molecule has 3 nitrogen and oxygen atoms in total. The van der Waals surface area contributed by atoms with E-state index in [4.69, 9.17) is 14.2 Å². The SMILES string of the molecule is CCC[CH]OC(C)OCOCCC. The van der Waals surface area contributed by atoms with Crippen LogP contribution in [-0.2, 0) is 14.2 Å². The lowest BCUT2D eigenvalue weighted by Crippen LogP contribution is -2.14. The van der Waals surface area contributed by atoms with E-state index < -0.39 is 0 Å². The van der Waals surface area contributed by atoms with Crippen LogP contribution in [-0.4, -0.2) is 19.7 Å². The van der Waals surface area contributed by atoms with Gasteiger partial charge in [-0.05, 0) is 19.8 Å². The lowest BCUT2D eigenvalue weighted by molar-refractivity contribution is -0.173. The minimum Gasteiger partial charge on any atom is -0.355 e. The fourth-order valence-electron chi connectivity index (χ4n) is 0.708. The van der Waals surface area contributed by atoms with Crippen LogP contribution in [0.4, 0.5) is 0 Å². The quantitative estimate of drug-likeness (QED) is 0.412. The molecule has 1 atom stereocenters. The lowest BCUT2D eigenvalue weighted by atomic mass is 10.4. The van der Waals surface area contributed by atoms with Gasteiger partial charge in [0.25, 0.3) is 0 Å². The summed E-state index contributed by atoms with van der Waals surface area (Å²) in [6, 6.07) is 0. The molecule has 0 heterocycles. The highest BCUT2D eigenvalue weighted by Gasteiger charge is 2.00. The Morgan fingerprint density at radius 3 is 2.62 bits per heavy atom. The molecule has 79 valence electrons. The van der Waals surface area contributed by atoms with Crippen LogP contribution in [0.5, 0.6) is 0 Å². The highest BCUT2D eigenvalue weighted by molar-refractivity contribution is 4.48. The third kappa shape index (κ3) is 9.80. The van der Waals surface area contributed by atoms with E-state index in [0.29, 0.717) is 6.79 Å². The Morgan fingerprint density at radius 2 is 2.00 bits per heavy atom. The van der Waals surface area contributed by atoms with Crippen molar-refractivity contribution in [3.63, 3.8) is 0 Å². The first-order valence-corrected chi connectivity index (χ1v) is 4.97. The summed E-state index contributed by atoms with van der Waals surface area (Å²) in [5, 5.41) is 0. The molecular formula is C10H21O3. The molecule has 0 aromatic heterocycles. The van der Waals surface area contributed by atoms with Gasteiger partial charge in [-0.1, -0.05) is 20.3 Å². The van der Waals surface area contributed by atoms with Crippen molar-refractivity contribution in [3.05, 3.63) is 6.61 Å². The molecule has 0 amide bonds. The van der Waals surface area contributed by atoms with Gasteiger partial charge in [0.2, 0.25) is 0 Å². The zero-order valence-corrected chi connectivity index (χ0v) is 8.91. The van der Waals surface area contributed by atoms with Gasteiger partial charge in [0.1, 0.15) is 6.79 Å². The lowest BCUT2D eigenvalue weighted by Gasteiger charge is -2.13. The van der Waals surface area contributed by atoms with Crippen LogP contribution in [0.1, 0.15) is 40.0 Å². The van der Waals surface area contributed by atoms with Crippen LogP contribution in [0.15, 0.2) is 0 Å². The smallest absolute Gasteiger partial charge is 0.158 e. The predicted octanol–water partition coefficient (Wildman–Crippen LogP) is 2.71. The van der Waals surface area contributed by atoms with Crippen LogP contribution < -0.4 is 0 Å². The van der Waals surface area contributed by atoms with Gasteiger partial charge >= 0.3 is 0 Å². The van der Waals surface area contributed by atoms with Gasteiger partial charge in [-0.15, -0.1) is 0 Å². The van der Waals surface area contributed by atoms with E-state index in [9.17, 15) is 0 Å². The average molecular weight is 189 g/mol. The Morgan fingerprint density at radius 1 is 1.23 bits per heavy atom. The van der Waals surface area contributed by atoms with Crippen molar-refractivity contribution in [1.82, 2.24) is 0 Å². The summed E-state index contributed by atoms with van der Waals surface area (Å²) in [5.41, 5.74) is 0. The predicted molar refractivity (Wildman–Crippen MR) is 52.0 cm³/mol. The summed E-state index contributed by atoms with van der Waals surface area (Å²) in [6.45, 7) is 8.87. The minimum absolute atomic E-state index is 0.205. The molecule has 0 aliphatic heterocycles. The number of hydrogen-bond donors (Lipinski definition) is 0. The summed E-state index contributed by atoms with van der Waals surface area (Å²) in [4.78, 5) is 0. The molecule has 0 aromatic rings. The molecule has 0 N–H and O–H groups in total. The molecule has 0 rings (SSSR count). The second kappa shape index (κ2) is 9.96. The summed E-state index contributed by atoms with van der Waals surface area (Å²) >= 11 is 0. The Balaban J connectivity index is 3.05. The average Bonchev–Trinajstić information content (AvgIpc) is 2.13. The van der Waals surface area contributed by atoms with E-state index in [-0.39, 0.29) is 6.29 Å². The highest BCUT2D eigenvalue weighted by Crippen LogP contribution is 2.00. The second-order valence-corrected chi connectivity index (χ2v) is 2.85. The Bertz CT molecular complexity index is 96.2. The van der Waals surface area contributed by atoms with Gasteiger partial charge in [-0.25, -0.2) is 0 Å². The maximum atomic E-state index is 5.24. The van der Waals surface area contributed by atoms with Crippen molar-refractivity contribution in [3.8, 4) is 0 Å². The fraction of sp³-hybridized carbons (Fsp3) is 0.900. The van der Waals surface area contributed by atoms with Crippen LogP contribution in [0.25, 0.3) is 0 Å². The van der Waals surface area contributed by atoms with E-state index in [0.717, 1.165) is 25.9 Å². The van der Waals surface area contributed by atoms with Crippen molar-refractivity contribution in [2.75, 3.05) is 13.4 Å². The first kappa shape index (κ1) is 12.9. The highest BCUT2D eigenvalue weighted by atomic mass is 16.7. The van der Waals surface area contributed by atoms with E-state index in [1.807, 2.05) is 6.92 Å². The normalized spacial score (nSPS) is 13.2. The first-order chi connectivity index (χ1) is 6.31. The Hall–Kier alpha value is -0.120. The van der Waals surface area contributed by atoms with Crippen LogP contribution in [0.2, 0.25) is 0 Å². The molecular weight excluding hydrogens is 168 g/mol. The van der Waals surface area contributed by atoms with Crippen molar-refractivity contribution >= 4 is 0 Å². The van der Waals surface area contributed by atoms with Gasteiger partial charge in [0, 0.05) is 6.61 Å². The van der Waals surface area contributed by atoms with E-state index >= 15 is 0 Å². The van der Waals surface area contributed by atoms with E-state index in [1.165, 1.54) is 0 Å². The summed E-state index contributed by atoms with van der Waals surface area (Å²) in [5.74, 6) is 0. The molecule has 13 heavy (non-hydrogen) atoms. The van der Waals surface area contributed by atoms with Crippen LogP contribution in [0.3, 0.4) is 0 Å². The maximum absolute atomic E-state index is 5.24. The molecule has 0 saturated heterocycles. The number of unbranched alkanes of at least 4 members (excludes halogenated alkanes) is 1. The number of hydrogen-bond acceptors (Lipinski definition) is 3. The summed E-state index contributed by atoms with van der Waals surface area (Å²) in [6.07, 6.45) is 2.87. The standard InChI is InChI=1S/C10H21O3/c1-4-6-8-12-10(3)13-9-11-7-5-2/h8,10H,4-7,9H2,1-3H3.